The van der Waals surface area contributed by atoms with Gasteiger partial charge >= 0.3 is 0 Å². The van der Waals surface area contributed by atoms with Crippen LogP contribution in [0.15, 0.2) is 24.3 Å². The monoisotopic (exact) mass is 311 g/mol. The number of benzene rings is 1. The van der Waals surface area contributed by atoms with E-state index in [4.69, 9.17) is 11.6 Å². The molecule has 108 valence electrons. The highest BCUT2D eigenvalue weighted by molar-refractivity contribution is 7.91. The maximum Gasteiger partial charge on any atom is 0.158 e. The van der Waals surface area contributed by atoms with Gasteiger partial charge in [-0.1, -0.05) is 36.7 Å². The standard InChI is InChI=1S/C15H18ClNO2S/c1-11-6-7-12(9-17)15(8-11)20(18,19)10-13-4-2-3-5-14(13)16/h2-5,11-12,15H,6-8,10H2,1H3. The second-order valence-electron chi connectivity index (χ2n) is 5.59. The Bertz CT molecular complexity index is 621. The van der Waals surface area contributed by atoms with E-state index in [9.17, 15) is 13.7 Å². The first-order valence-electron chi connectivity index (χ1n) is 6.78. The molecule has 0 saturated heterocycles. The van der Waals surface area contributed by atoms with Crippen molar-refractivity contribution in [1.29, 1.82) is 5.26 Å². The van der Waals surface area contributed by atoms with E-state index in [1.165, 1.54) is 0 Å². The molecule has 0 bridgehead atoms. The molecule has 1 aromatic rings. The molecule has 1 aliphatic rings. The van der Waals surface area contributed by atoms with E-state index < -0.39 is 21.0 Å². The zero-order valence-corrected chi connectivity index (χ0v) is 13.0. The van der Waals surface area contributed by atoms with Crippen molar-refractivity contribution in [3.63, 3.8) is 0 Å². The Kier molecular flexibility index (Phi) is 4.72. The molecule has 20 heavy (non-hydrogen) atoms. The van der Waals surface area contributed by atoms with Gasteiger partial charge in [0, 0.05) is 5.02 Å². The minimum atomic E-state index is -3.36. The highest BCUT2D eigenvalue weighted by Gasteiger charge is 2.38. The molecule has 0 N–H and O–H groups in total. The van der Waals surface area contributed by atoms with Crippen molar-refractivity contribution in [2.24, 2.45) is 11.8 Å². The molecule has 0 amide bonds. The van der Waals surface area contributed by atoms with Gasteiger partial charge in [0.15, 0.2) is 9.84 Å². The Morgan fingerprint density at radius 3 is 2.70 bits per heavy atom. The van der Waals surface area contributed by atoms with Gasteiger partial charge in [-0.2, -0.15) is 5.26 Å². The normalized spacial score (nSPS) is 26.9. The van der Waals surface area contributed by atoms with Gasteiger partial charge in [-0.05, 0) is 36.8 Å². The van der Waals surface area contributed by atoms with Crippen LogP contribution in [0.5, 0.6) is 0 Å². The minimum absolute atomic E-state index is 0.0811. The summed E-state index contributed by atoms with van der Waals surface area (Å²) in [5.74, 6) is -0.119. The van der Waals surface area contributed by atoms with Gasteiger partial charge < -0.3 is 0 Å². The largest absolute Gasteiger partial charge is 0.228 e. The summed E-state index contributed by atoms with van der Waals surface area (Å²) in [4.78, 5) is 0. The predicted octanol–water partition coefficient (Wildman–Crippen LogP) is 3.58. The lowest BCUT2D eigenvalue weighted by molar-refractivity contribution is 0.334. The van der Waals surface area contributed by atoms with Crippen molar-refractivity contribution in [1.82, 2.24) is 0 Å². The fourth-order valence-electron chi connectivity index (χ4n) is 2.81. The van der Waals surface area contributed by atoms with Crippen LogP contribution in [0.2, 0.25) is 5.02 Å². The molecule has 3 atom stereocenters. The summed E-state index contributed by atoms with van der Waals surface area (Å²) in [6.07, 6.45) is 2.17. The van der Waals surface area contributed by atoms with Crippen molar-refractivity contribution in [3.05, 3.63) is 34.9 Å². The maximum absolute atomic E-state index is 12.6. The summed E-state index contributed by atoms with van der Waals surface area (Å²) >= 11 is 6.04. The molecule has 0 heterocycles. The molecule has 5 heteroatoms. The van der Waals surface area contributed by atoms with Gasteiger partial charge in [-0.25, -0.2) is 8.42 Å². The molecule has 1 aliphatic carbocycles. The van der Waals surface area contributed by atoms with E-state index in [2.05, 4.69) is 6.07 Å². The number of rotatable bonds is 3. The summed E-state index contributed by atoms with van der Waals surface area (Å²) in [5, 5.41) is 9.09. The van der Waals surface area contributed by atoms with E-state index in [0.29, 0.717) is 29.3 Å². The molecule has 0 aliphatic heterocycles. The van der Waals surface area contributed by atoms with Crippen LogP contribution in [-0.4, -0.2) is 13.7 Å². The zero-order valence-electron chi connectivity index (χ0n) is 11.4. The van der Waals surface area contributed by atoms with Gasteiger partial charge in [0.05, 0.1) is 23.0 Å². The third-order valence-corrected chi connectivity index (χ3v) is 6.52. The third kappa shape index (κ3) is 3.34. The molecule has 1 fully saturated rings. The summed E-state index contributed by atoms with van der Waals surface area (Å²) in [7, 11) is -3.36. The SMILES string of the molecule is CC1CCC(C#N)C(S(=O)(=O)Cc2ccccc2Cl)C1. The number of halogens is 1. The molecule has 0 spiro atoms. The van der Waals surface area contributed by atoms with Crippen molar-refractivity contribution in [3.8, 4) is 6.07 Å². The first kappa shape index (κ1) is 15.3. The lowest BCUT2D eigenvalue weighted by atomic mass is 9.83. The van der Waals surface area contributed by atoms with E-state index >= 15 is 0 Å². The van der Waals surface area contributed by atoms with Crippen LogP contribution in [0.1, 0.15) is 31.7 Å². The lowest BCUT2D eigenvalue weighted by Crippen LogP contribution is -2.35. The lowest BCUT2D eigenvalue weighted by Gasteiger charge is -2.30. The second kappa shape index (κ2) is 6.15. The van der Waals surface area contributed by atoms with Gasteiger partial charge in [0.2, 0.25) is 0 Å². The van der Waals surface area contributed by atoms with Crippen LogP contribution in [0, 0.1) is 23.2 Å². The number of sulfone groups is 1. The molecule has 1 aromatic carbocycles. The fourth-order valence-corrected chi connectivity index (χ4v) is 5.31. The smallest absolute Gasteiger partial charge is 0.158 e. The van der Waals surface area contributed by atoms with E-state index in [1.807, 2.05) is 6.92 Å². The second-order valence-corrected chi connectivity index (χ2v) is 8.22. The quantitative estimate of drug-likeness (QED) is 0.857. The number of nitrogens with zero attached hydrogens (tertiary/aromatic N) is 1. The van der Waals surface area contributed by atoms with Crippen LogP contribution >= 0.6 is 11.6 Å². The first-order valence-corrected chi connectivity index (χ1v) is 8.88. The molecule has 1 saturated carbocycles. The molecule has 0 aromatic heterocycles. The van der Waals surface area contributed by atoms with Crippen LogP contribution in [0.4, 0.5) is 0 Å². The average molecular weight is 312 g/mol. The zero-order chi connectivity index (χ0) is 14.8. The Labute approximate surface area is 125 Å². The van der Waals surface area contributed by atoms with Crippen molar-refractivity contribution in [2.75, 3.05) is 0 Å². The van der Waals surface area contributed by atoms with E-state index in [1.54, 1.807) is 24.3 Å². The Morgan fingerprint density at radius 2 is 2.05 bits per heavy atom. The van der Waals surface area contributed by atoms with Crippen molar-refractivity contribution >= 4 is 21.4 Å². The summed E-state index contributed by atoms with van der Waals surface area (Å²) in [6.45, 7) is 2.05. The minimum Gasteiger partial charge on any atom is -0.228 e. The van der Waals surface area contributed by atoms with Gasteiger partial charge in [-0.15, -0.1) is 0 Å². The summed E-state index contributed by atoms with van der Waals surface area (Å²) < 4.78 is 25.2. The highest BCUT2D eigenvalue weighted by atomic mass is 35.5. The Morgan fingerprint density at radius 1 is 1.35 bits per heavy atom. The van der Waals surface area contributed by atoms with Gasteiger partial charge in [-0.3, -0.25) is 0 Å². The topological polar surface area (TPSA) is 57.9 Å². The van der Waals surface area contributed by atoms with Gasteiger partial charge in [0.1, 0.15) is 0 Å². The summed E-state index contributed by atoms with van der Waals surface area (Å²) in [5.41, 5.74) is 0.615. The summed E-state index contributed by atoms with van der Waals surface area (Å²) in [6, 6.07) is 9.15. The Balaban J connectivity index is 2.25. The van der Waals surface area contributed by atoms with E-state index in [0.717, 1.165) is 6.42 Å². The number of hydrogen-bond donors (Lipinski definition) is 0. The number of nitriles is 1. The first-order chi connectivity index (χ1) is 9.44. The molecule has 3 nitrogen and oxygen atoms in total. The molecular formula is C15H18ClNO2S. The number of hydrogen-bond acceptors (Lipinski definition) is 3. The van der Waals surface area contributed by atoms with Crippen LogP contribution in [0.3, 0.4) is 0 Å². The fraction of sp³-hybridized carbons (Fsp3) is 0.533. The average Bonchev–Trinajstić information content (AvgIpc) is 2.41. The highest BCUT2D eigenvalue weighted by Crippen LogP contribution is 2.34. The molecule has 3 unspecified atom stereocenters. The maximum atomic E-state index is 12.6. The molecular weight excluding hydrogens is 294 g/mol. The van der Waals surface area contributed by atoms with Crippen LogP contribution in [0.25, 0.3) is 0 Å². The predicted molar refractivity (Wildman–Crippen MR) is 80.0 cm³/mol. The van der Waals surface area contributed by atoms with Crippen LogP contribution < -0.4 is 0 Å². The third-order valence-electron chi connectivity index (χ3n) is 4.00. The molecule has 2 rings (SSSR count). The van der Waals surface area contributed by atoms with Crippen molar-refractivity contribution < 1.29 is 8.42 Å². The van der Waals surface area contributed by atoms with E-state index in [-0.39, 0.29) is 5.75 Å². The van der Waals surface area contributed by atoms with Crippen LogP contribution in [-0.2, 0) is 15.6 Å². The molecule has 0 radical (unpaired) electrons. The Hall–Kier alpha value is -1.05. The van der Waals surface area contributed by atoms with Gasteiger partial charge in [0.25, 0.3) is 0 Å². The van der Waals surface area contributed by atoms with Crippen molar-refractivity contribution in [2.45, 2.75) is 37.2 Å².